The number of unbranched alkanes of at least 4 members (excludes halogenated alkanes) is 1. The lowest BCUT2D eigenvalue weighted by molar-refractivity contribution is 0.531. The van der Waals surface area contributed by atoms with Gasteiger partial charge in [-0.15, -0.1) is 11.3 Å². The number of imidazole rings is 1. The Hall–Kier alpha value is -1.16. The summed E-state index contributed by atoms with van der Waals surface area (Å²) < 4.78 is 29.2. The summed E-state index contributed by atoms with van der Waals surface area (Å²) in [6.45, 7) is 3.93. The molecule has 2 aromatic heterocycles. The minimum atomic E-state index is -3.67. The Balaban J connectivity index is 2.33. The van der Waals surface area contributed by atoms with Crippen LogP contribution in [0.15, 0.2) is 16.6 Å². The molecule has 0 saturated heterocycles. The summed E-state index contributed by atoms with van der Waals surface area (Å²) in [5.41, 5.74) is 2.35. The van der Waals surface area contributed by atoms with Gasteiger partial charge in [0.15, 0.2) is 10.8 Å². The summed E-state index contributed by atoms with van der Waals surface area (Å²) in [4.78, 5) is 4.74. The molecule has 2 rings (SSSR count). The second-order valence-corrected chi connectivity index (χ2v) is 7.13. The monoisotopic (exact) mass is 317 g/mol. The Morgan fingerprint density at radius 2 is 2.30 bits per heavy atom. The molecule has 0 fully saturated rings. The molecule has 7 nitrogen and oxygen atoms in total. The number of nitrogen functional groups attached to an aromatic ring is 1. The number of nitrogens with zero attached hydrogens (tertiary/aromatic N) is 2. The van der Waals surface area contributed by atoms with Crippen LogP contribution in [-0.2, 0) is 10.0 Å². The van der Waals surface area contributed by atoms with E-state index in [1.54, 1.807) is 11.6 Å². The van der Waals surface area contributed by atoms with Crippen molar-refractivity contribution in [3.8, 4) is 0 Å². The average Bonchev–Trinajstić information content (AvgIpc) is 2.94. The van der Waals surface area contributed by atoms with Crippen LogP contribution in [0.3, 0.4) is 0 Å². The smallest absolute Gasteiger partial charge is 0.260 e. The molecule has 1 unspecified atom stereocenters. The van der Waals surface area contributed by atoms with E-state index in [0.717, 1.165) is 19.3 Å². The number of hydrogen-bond acceptors (Lipinski definition) is 6. The molecule has 0 aromatic carbocycles. The molecule has 0 bridgehead atoms. The van der Waals surface area contributed by atoms with Crippen LogP contribution in [0.4, 0.5) is 5.82 Å². The molecule has 0 saturated carbocycles. The van der Waals surface area contributed by atoms with Gasteiger partial charge in [0, 0.05) is 17.6 Å². The van der Waals surface area contributed by atoms with Crippen LogP contribution in [0.5, 0.6) is 0 Å². The molecule has 112 valence electrons. The second kappa shape index (κ2) is 6.08. The van der Waals surface area contributed by atoms with Crippen molar-refractivity contribution in [1.82, 2.24) is 14.1 Å². The van der Waals surface area contributed by atoms with Gasteiger partial charge >= 0.3 is 0 Å². The lowest BCUT2D eigenvalue weighted by Crippen LogP contribution is -2.33. The number of nitrogens with two attached hydrogens (primary N) is 1. The highest BCUT2D eigenvalue weighted by Crippen LogP contribution is 2.25. The lowest BCUT2D eigenvalue weighted by Gasteiger charge is -2.14. The molecule has 0 amide bonds. The fraction of sp³-hybridized carbons (Fsp3) is 0.545. The predicted molar refractivity (Wildman–Crippen MR) is 80.2 cm³/mol. The zero-order chi connectivity index (χ0) is 14.8. The number of anilines is 1. The van der Waals surface area contributed by atoms with Crippen LogP contribution in [0.1, 0.15) is 33.1 Å². The number of sulfonamides is 1. The van der Waals surface area contributed by atoms with E-state index in [1.807, 2.05) is 6.92 Å². The number of rotatable bonds is 7. The predicted octanol–water partition coefficient (Wildman–Crippen LogP) is 1.54. The van der Waals surface area contributed by atoms with Crippen molar-refractivity contribution in [2.75, 3.05) is 5.43 Å². The molecule has 0 radical (unpaired) electrons. The van der Waals surface area contributed by atoms with Gasteiger partial charge < -0.3 is 5.43 Å². The summed E-state index contributed by atoms with van der Waals surface area (Å²) in [6.07, 6.45) is 4.47. The standard InChI is InChI=1S/C11H19N5O2S2/c1-3-4-5-8(2)15-20(17,18)10-9(14-12)13-11-16(10)6-7-19-11/h6-8,14-15H,3-5,12H2,1-2H3. The topological polar surface area (TPSA) is 102 Å². The maximum Gasteiger partial charge on any atom is 0.260 e. The lowest BCUT2D eigenvalue weighted by atomic mass is 10.2. The van der Waals surface area contributed by atoms with E-state index in [2.05, 4.69) is 22.1 Å². The number of nitrogens with one attached hydrogen (secondary N) is 2. The maximum absolute atomic E-state index is 12.5. The SMILES string of the molecule is CCCCC(C)NS(=O)(=O)c1c(NN)nc2sccn12. The van der Waals surface area contributed by atoms with Crippen LogP contribution in [0.2, 0.25) is 0 Å². The average molecular weight is 317 g/mol. The van der Waals surface area contributed by atoms with E-state index in [-0.39, 0.29) is 16.9 Å². The van der Waals surface area contributed by atoms with Crippen molar-refractivity contribution in [3.05, 3.63) is 11.6 Å². The number of thiazole rings is 1. The Morgan fingerprint density at radius 1 is 1.55 bits per heavy atom. The first-order valence-corrected chi connectivity index (χ1v) is 8.80. The van der Waals surface area contributed by atoms with Crippen LogP contribution in [0.25, 0.3) is 4.96 Å². The fourth-order valence-corrected chi connectivity index (χ4v) is 4.30. The Labute approximate surface area is 122 Å². The Morgan fingerprint density at radius 3 is 2.95 bits per heavy atom. The third kappa shape index (κ3) is 2.95. The fourth-order valence-electron chi connectivity index (χ4n) is 2.01. The van der Waals surface area contributed by atoms with Crippen molar-refractivity contribution in [2.24, 2.45) is 5.84 Å². The van der Waals surface area contributed by atoms with Crippen LogP contribution in [0, 0.1) is 0 Å². The van der Waals surface area contributed by atoms with Gasteiger partial charge in [-0.3, -0.25) is 4.40 Å². The van der Waals surface area contributed by atoms with E-state index >= 15 is 0 Å². The first kappa shape index (κ1) is 15.2. The van der Waals surface area contributed by atoms with Gasteiger partial charge in [0.1, 0.15) is 0 Å². The van der Waals surface area contributed by atoms with E-state index in [4.69, 9.17) is 5.84 Å². The van der Waals surface area contributed by atoms with Gasteiger partial charge in [0.05, 0.1) is 0 Å². The molecule has 2 aromatic rings. The van der Waals surface area contributed by atoms with Gasteiger partial charge in [-0.2, -0.15) is 4.98 Å². The molecule has 1 atom stereocenters. The van der Waals surface area contributed by atoms with E-state index in [0.29, 0.717) is 4.96 Å². The largest absolute Gasteiger partial charge is 0.306 e. The molecule has 0 aliphatic heterocycles. The third-order valence-electron chi connectivity index (χ3n) is 2.96. The normalized spacial score (nSPS) is 13.8. The minimum absolute atomic E-state index is 0.0552. The number of fused-ring (bicyclic) bond motifs is 1. The Kier molecular flexibility index (Phi) is 4.63. The number of aromatic nitrogens is 2. The van der Waals surface area contributed by atoms with Crippen molar-refractivity contribution in [1.29, 1.82) is 0 Å². The highest BCUT2D eigenvalue weighted by atomic mass is 32.2. The molecule has 9 heteroatoms. The van der Waals surface area contributed by atoms with Crippen LogP contribution in [-0.4, -0.2) is 23.8 Å². The Bertz CT molecular complexity index is 676. The molecule has 0 spiro atoms. The first-order valence-electron chi connectivity index (χ1n) is 6.44. The first-order chi connectivity index (χ1) is 9.49. The molecular formula is C11H19N5O2S2. The molecule has 0 aliphatic carbocycles. The van der Waals surface area contributed by atoms with Gasteiger partial charge in [-0.25, -0.2) is 19.0 Å². The molecular weight excluding hydrogens is 298 g/mol. The van der Waals surface area contributed by atoms with Gasteiger partial charge in [-0.1, -0.05) is 19.8 Å². The zero-order valence-electron chi connectivity index (χ0n) is 11.5. The molecule has 4 N–H and O–H groups in total. The molecule has 20 heavy (non-hydrogen) atoms. The summed E-state index contributed by atoms with van der Waals surface area (Å²) >= 11 is 1.35. The highest BCUT2D eigenvalue weighted by molar-refractivity contribution is 7.89. The second-order valence-electron chi connectivity index (χ2n) is 4.63. The van der Waals surface area contributed by atoms with Crippen molar-refractivity contribution < 1.29 is 8.42 Å². The minimum Gasteiger partial charge on any atom is -0.306 e. The summed E-state index contributed by atoms with van der Waals surface area (Å²) in [5.74, 6) is 5.53. The number of hydrogen-bond donors (Lipinski definition) is 3. The van der Waals surface area contributed by atoms with Crippen LogP contribution >= 0.6 is 11.3 Å². The van der Waals surface area contributed by atoms with E-state index in [1.165, 1.54) is 15.7 Å². The van der Waals surface area contributed by atoms with Gasteiger partial charge in [-0.05, 0) is 13.3 Å². The zero-order valence-corrected chi connectivity index (χ0v) is 13.1. The molecule has 2 heterocycles. The van der Waals surface area contributed by atoms with Gasteiger partial charge in [0.25, 0.3) is 10.0 Å². The molecule has 0 aliphatic rings. The third-order valence-corrected chi connectivity index (χ3v) is 5.32. The van der Waals surface area contributed by atoms with Crippen molar-refractivity contribution in [3.63, 3.8) is 0 Å². The summed E-state index contributed by atoms with van der Waals surface area (Å²) in [5, 5.41) is 1.84. The summed E-state index contributed by atoms with van der Waals surface area (Å²) in [6, 6.07) is -0.130. The number of hydrazine groups is 1. The quantitative estimate of drug-likeness (QED) is 0.531. The highest BCUT2D eigenvalue weighted by Gasteiger charge is 2.26. The van der Waals surface area contributed by atoms with E-state index in [9.17, 15) is 8.42 Å². The van der Waals surface area contributed by atoms with Crippen LogP contribution < -0.4 is 16.0 Å². The van der Waals surface area contributed by atoms with Crippen molar-refractivity contribution >= 4 is 32.1 Å². The maximum atomic E-state index is 12.5. The van der Waals surface area contributed by atoms with Crippen molar-refractivity contribution in [2.45, 2.75) is 44.2 Å². The van der Waals surface area contributed by atoms with Gasteiger partial charge in [0.2, 0.25) is 5.03 Å². The van der Waals surface area contributed by atoms with E-state index < -0.39 is 10.0 Å². The summed E-state index contributed by atoms with van der Waals surface area (Å²) in [7, 11) is -3.67.